The molecule has 0 aliphatic heterocycles. The minimum atomic E-state index is -0.476. The van der Waals surface area contributed by atoms with Crippen LogP contribution in [0.1, 0.15) is 23.1 Å². The molecule has 0 unspecified atom stereocenters. The molecule has 0 atom stereocenters. The summed E-state index contributed by atoms with van der Waals surface area (Å²) in [4.78, 5) is 23.4. The summed E-state index contributed by atoms with van der Waals surface area (Å²) in [5.41, 5.74) is 3.13. The molecule has 5 nitrogen and oxygen atoms in total. The van der Waals surface area contributed by atoms with Gasteiger partial charge in [0.05, 0.1) is 13.2 Å². The lowest BCUT2D eigenvalue weighted by Crippen LogP contribution is -2.28. The lowest BCUT2D eigenvalue weighted by molar-refractivity contribution is -0.149. The van der Waals surface area contributed by atoms with Gasteiger partial charge in [-0.2, -0.15) is 0 Å². The van der Waals surface area contributed by atoms with Gasteiger partial charge >= 0.3 is 5.97 Å². The Balaban J connectivity index is 1.52. The maximum atomic E-state index is 11.8. The highest BCUT2D eigenvalue weighted by molar-refractivity contribution is 6.31. The predicted molar refractivity (Wildman–Crippen MR) is 105 cm³/mol. The summed E-state index contributed by atoms with van der Waals surface area (Å²) < 4.78 is 10.3. The summed E-state index contributed by atoms with van der Waals surface area (Å²) in [7, 11) is 0. The number of rotatable bonds is 10. The molecular formula is C21H24ClNO4. The van der Waals surface area contributed by atoms with E-state index >= 15 is 0 Å². The fourth-order valence-electron chi connectivity index (χ4n) is 2.36. The molecule has 0 aliphatic carbocycles. The van der Waals surface area contributed by atoms with Crippen LogP contribution >= 0.6 is 11.6 Å². The van der Waals surface area contributed by atoms with Crippen LogP contribution in [-0.2, 0) is 32.1 Å². The standard InChI is InChI=1S/C21H24ClNO4/c1-16-6-8-17(9-7-16)10-11-20(24)23-12-13-27-21(25)15-26-14-18-4-2-3-5-19(18)22/h2-9H,10-15H2,1H3,(H,23,24). The van der Waals surface area contributed by atoms with Crippen LogP contribution in [0.2, 0.25) is 5.02 Å². The van der Waals surface area contributed by atoms with Gasteiger partial charge in [0.2, 0.25) is 5.91 Å². The quantitative estimate of drug-likeness (QED) is 0.499. The molecule has 0 spiro atoms. The van der Waals surface area contributed by atoms with E-state index in [1.807, 2.05) is 49.4 Å². The van der Waals surface area contributed by atoms with Crippen molar-refractivity contribution < 1.29 is 19.1 Å². The van der Waals surface area contributed by atoms with E-state index in [-0.39, 0.29) is 32.3 Å². The number of amides is 1. The molecule has 1 N–H and O–H groups in total. The average Bonchev–Trinajstić information content (AvgIpc) is 2.66. The van der Waals surface area contributed by atoms with E-state index in [4.69, 9.17) is 21.1 Å². The second kappa shape index (κ2) is 11.4. The second-order valence-electron chi connectivity index (χ2n) is 6.14. The summed E-state index contributed by atoms with van der Waals surface area (Å²) in [6.07, 6.45) is 1.08. The van der Waals surface area contributed by atoms with Crippen molar-refractivity contribution in [1.82, 2.24) is 5.32 Å². The molecule has 0 heterocycles. The monoisotopic (exact) mass is 389 g/mol. The van der Waals surface area contributed by atoms with E-state index in [1.54, 1.807) is 6.07 Å². The Kier molecular flexibility index (Phi) is 8.81. The van der Waals surface area contributed by atoms with E-state index in [2.05, 4.69) is 5.32 Å². The normalized spacial score (nSPS) is 10.4. The van der Waals surface area contributed by atoms with Crippen molar-refractivity contribution >= 4 is 23.5 Å². The van der Waals surface area contributed by atoms with Crippen LogP contribution < -0.4 is 5.32 Å². The van der Waals surface area contributed by atoms with E-state index in [0.29, 0.717) is 17.9 Å². The Bertz CT molecular complexity index is 746. The number of hydrogen-bond donors (Lipinski definition) is 1. The number of hydrogen-bond acceptors (Lipinski definition) is 4. The third-order valence-corrected chi connectivity index (χ3v) is 4.25. The Morgan fingerprint density at radius 3 is 2.56 bits per heavy atom. The van der Waals surface area contributed by atoms with E-state index in [0.717, 1.165) is 11.1 Å². The van der Waals surface area contributed by atoms with Crippen molar-refractivity contribution in [3.8, 4) is 0 Å². The lowest BCUT2D eigenvalue weighted by Gasteiger charge is -2.08. The van der Waals surface area contributed by atoms with E-state index in [1.165, 1.54) is 5.56 Å². The first-order valence-electron chi connectivity index (χ1n) is 8.83. The lowest BCUT2D eigenvalue weighted by atomic mass is 10.1. The molecule has 0 aliphatic rings. The van der Waals surface area contributed by atoms with Gasteiger partial charge in [-0.1, -0.05) is 59.6 Å². The van der Waals surface area contributed by atoms with Crippen LogP contribution in [0.5, 0.6) is 0 Å². The van der Waals surface area contributed by atoms with Crippen LogP contribution in [-0.4, -0.2) is 31.6 Å². The maximum Gasteiger partial charge on any atom is 0.332 e. The average molecular weight is 390 g/mol. The molecule has 2 aromatic rings. The number of carbonyl (C=O) groups excluding carboxylic acids is 2. The molecular weight excluding hydrogens is 366 g/mol. The summed E-state index contributed by atoms with van der Waals surface area (Å²) in [5.74, 6) is -0.544. The number of carbonyl (C=O) groups is 2. The molecule has 0 bridgehead atoms. The van der Waals surface area contributed by atoms with Crippen LogP contribution in [0.3, 0.4) is 0 Å². The Morgan fingerprint density at radius 1 is 1.07 bits per heavy atom. The second-order valence-corrected chi connectivity index (χ2v) is 6.55. The minimum Gasteiger partial charge on any atom is -0.462 e. The van der Waals surface area contributed by atoms with Crippen LogP contribution in [0, 0.1) is 6.92 Å². The van der Waals surface area contributed by atoms with Crippen molar-refractivity contribution in [2.45, 2.75) is 26.4 Å². The summed E-state index contributed by atoms with van der Waals surface area (Å²) in [5, 5.41) is 3.33. The summed E-state index contributed by atoms with van der Waals surface area (Å²) in [6.45, 7) is 2.50. The summed E-state index contributed by atoms with van der Waals surface area (Å²) in [6, 6.07) is 15.4. The number of aryl methyl sites for hydroxylation is 2. The first-order valence-corrected chi connectivity index (χ1v) is 9.21. The Labute approximate surface area is 164 Å². The largest absolute Gasteiger partial charge is 0.462 e. The topological polar surface area (TPSA) is 64.6 Å². The van der Waals surface area contributed by atoms with E-state index < -0.39 is 5.97 Å². The number of halogens is 1. The zero-order valence-electron chi connectivity index (χ0n) is 15.4. The van der Waals surface area contributed by atoms with Crippen molar-refractivity contribution in [3.63, 3.8) is 0 Å². The van der Waals surface area contributed by atoms with Gasteiger partial charge in [0, 0.05) is 11.4 Å². The Morgan fingerprint density at radius 2 is 1.81 bits per heavy atom. The molecule has 6 heteroatoms. The van der Waals surface area contributed by atoms with Gasteiger partial charge in [-0.3, -0.25) is 4.79 Å². The highest BCUT2D eigenvalue weighted by Gasteiger charge is 2.06. The number of ether oxygens (including phenoxy) is 2. The zero-order valence-corrected chi connectivity index (χ0v) is 16.1. The smallest absolute Gasteiger partial charge is 0.332 e. The molecule has 1 amide bonds. The summed E-state index contributed by atoms with van der Waals surface area (Å²) >= 11 is 6.01. The molecule has 0 fully saturated rings. The number of nitrogens with one attached hydrogen (secondary N) is 1. The van der Waals surface area contributed by atoms with Crippen molar-refractivity contribution in [2.75, 3.05) is 19.8 Å². The van der Waals surface area contributed by atoms with Gasteiger partial charge in [-0.05, 0) is 30.5 Å². The van der Waals surface area contributed by atoms with Crippen LogP contribution in [0.25, 0.3) is 0 Å². The van der Waals surface area contributed by atoms with Gasteiger partial charge in [-0.25, -0.2) is 4.79 Å². The van der Waals surface area contributed by atoms with Gasteiger partial charge in [0.1, 0.15) is 13.2 Å². The Hall–Kier alpha value is -2.37. The third kappa shape index (κ3) is 8.24. The highest BCUT2D eigenvalue weighted by Crippen LogP contribution is 2.15. The van der Waals surface area contributed by atoms with E-state index in [9.17, 15) is 9.59 Å². The van der Waals surface area contributed by atoms with Crippen molar-refractivity contribution in [2.24, 2.45) is 0 Å². The van der Waals surface area contributed by atoms with Crippen molar-refractivity contribution in [1.29, 1.82) is 0 Å². The van der Waals surface area contributed by atoms with Crippen molar-refractivity contribution in [3.05, 3.63) is 70.2 Å². The molecule has 2 rings (SSSR count). The fourth-order valence-corrected chi connectivity index (χ4v) is 2.55. The fraction of sp³-hybridized carbons (Fsp3) is 0.333. The zero-order chi connectivity index (χ0) is 19.5. The number of benzene rings is 2. The van der Waals surface area contributed by atoms with Gasteiger partial charge < -0.3 is 14.8 Å². The number of esters is 1. The predicted octanol–water partition coefficient (Wildman–Crippen LogP) is 3.46. The SMILES string of the molecule is Cc1ccc(CCC(=O)NCCOC(=O)COCc2ccccc2Cl)cc1. The van der Waals surface area contributed by atoms with Gasteiger partial charge in [0.25, 0.3) is 0 Å². The molecule has 0 radical (unpaired) electrons. The molecule has 144 valence electrons. The van der Waals surface area contributed by atoms with Crippen LogP contribution in [0.15, 0.2) is 48.5 Å². The first-order chi connectivity index (χ1) is 13.0. The van der Waals surface area contributed by atoms with Crippen LogP contribution in [0.4, 0.5) is 0 Å². The molecule has 0 aromatic heterocycles. The molecule has 0 saturated heterocycles. The maximum absolute atomic E-state index is 11.8. The third-order valence-electron chi connectivity index (χ3n) is 3.88. The minimum absolute atomic E-state index is 0.0680. The van der Waals surface area contributed by atoms with Gasteiger partial charge in [0.15, 0.2) is 0 Å². The molecule has 27 heavy (non-hydrogen) atoms. The molecule has 0 saturated carbocycles. The van der Waals surface area contributed by atoms with Gasteiger partial charge in [-0.15, -0.1) is 0 Å². The first kappa shape index (κ1) is 20.9. The highest BCUT2D eigenvalue weighted by atomic mass is 35.5. The molecule has 2 aromatic carbocycles.